The lowest BCUT2D eigenvalue weighted by molar-refractivity contribution is -0.124. The Hall–Kier alpha value is -2.57. The van der Waals surface area contributed by atoms with E-state index in [1.807, 2.05) is 0 Å². The van der Waals surface area contributed by atoms with E-state index >= 15 is 0 Å². The molecule has 2 aromatic rings. The molecule has 0 spiro atoms. The van der Waals surface area contributed by atoms with Gasteiger partial charge < -0.3 is 14.4 Å². The molecule has 6 nitrogen and oxygen atoms in total. The van der Waals surface area contributed by atoms with Gasteiger partial charge in [-0.25, -0.2) is 0 Å². The molecular weight excluding hydrogens is 463 g/mol. The first-order chi connectivity index (χ1) is 15.6. The Balaban J connectivity index is 2.05. The van der Waals surface area contributed by atoms with E-state index in [0.717, 1.165) is 5.71 Å². The highest BCUT2D eigenvalue weighted by Crippen LogP contribution is 2.51. The number of carbonyl (C=O) groups excluding carboxylic acids is 2. The molecular formula is C25H26Cl2N2O4. The lowest BCUT2D eigenvalue weighted by atomic mass is 9.68. The monoisotopic (exact) mass is 488 g/mol. The average Bonchev–Trinajstić information content (AvgIpc) is 2.85. The van der Waals surface area contributed by atoms with E-state index in [4.69, 9.17) is 37.7 Å². The standard InChI is InChI=1S/C25H26Cl2N2O4/c1-13(30)29-19-10-22(33-5)21(32-4)9-17(19)28-18-11-25(2,3)12-20(31)23(18)24(29)15-7-6-14(26)8-16(15)27/h6-10,23-24H,11-12H2,1-5H3. The number of ether oxygens (including phenoxy) is 2. The third kappa shape index (κ3) is 4.22. The molecule has 1 fully saturated rings. The fourth-order valence-corrected chi connectivity index (χ4v) is 5.44. The zero-order chi connectivity index (χ0) is 24.1. The smallest absolute Gasteiger partial charge is 0.224 e. The van der Waals surface area contributed by atoms with Gasteiger partial charge >= 0.3 is 0 Å². The first-order valence-electron chi connectivity index (χ1n) is 10.7. The Bertz CT molecular complexity index is 1180. The molecule has 33 heavy (non-hydrogen) atoms. The number of methoxy groups -OCH3 is 2. The Morgan fingerprint density at radius 3 is 2.36 bits per heavy atom. The number of anilines is 1. The zero-order valence-corrected chi connectivity index (χ0v) is 20.8. The fourth-order valence-electron chi connectivity index (χ4n) is 4.92. The van der Waals surface area contributed by atoms with E-state index in [9.17, 15) is 9.59 Å². The van der Waals surface area contributed by atoms with E-state index in [2.05, 4.69) is 13.8 Å². The molecule has 0 saturated heterocycles. The van der Waals surface area contributed by atoms with Gasteiger partial charge in [-0.15, -0.1) is 0 Å². The number of benzene rings is 2. The normalized spacial score (nSPS) is 21.5. The van der Waals surface area contributed by atoms with Crippen molar-refractivity contribution in [3.63, 3.8) is 0 Å². The van der Waals surface area contributed by atoms with Crippen LogP contribution < -0.4 is 14.4 Å². The van der Waals surface area contributed by atoms with Crippen molar-refractivity contribution in [3.05, 3.63) is 45.9 Å². The first kappa shape index (κ1) is 23.6. The van der Waals surface area contributed by atoms with E-state index in [-0.39, 0.29) is 17.1 Å². The minimum Gasteiger partial charge on any atom is -0.493 e. The van der Waals surface area contributed by atoms with Gasteiger partial charge in [0.2, 0.25) is 5.91 Å². The van der Waals surface area contributed by atoms with Crippen molar-refractivity contribution < 1.29 is 19.1 Å². The predicted molar refractivity (Wildman–Crippen MR) is 131 cm³/mol. The molecule has 1 aliphatic heterocycles. The third-order valence-electron chi connectivity index (χ3n) is 6.24. The van der Waals surface area contributed by atoms with Gasteiger partial charge in [-0.1, -0.05) is 43.1 Å². The zero-order valence-electron chi connectivity index (χ0n) is 19.2. The molecule has 2 unspecified atom stereocenters. The van der Waals surface area contributed by atoms with Crippen LogP contribution in [0.2, 0.25) is 10.0 Å². The SMILES string of the molecule is COc1cc2c(cc1OC)N(C(C)=O)C(c1ccc(Cl)cc1Cl)C1C(=O)CC(C)(C)CC1=N2. The van der Waals surface area contributed by atoms with Crippen molar-refractivity contribution in [1.82, 2.24) is 0 Å². The number of hydrogen-bond donors (Lipinski definition) is 0. The van der Waals surface area contributed by atoms with Gasteiger partial charge in [0.1, 0.15) is 5.78 Å². The molecule has 1 aliphatic carbocycles. The largest absolute Gasteiger partial charge is 0.493 e. The highest BCUT2D eigenvalue weighted by Gasteiger charge is 2.48. The second kappa shape index (κ2) is 8.65. The molecule has 1 saturated carbocycles. The summed E-state index contributed by atoms with van der Waals surface area (Å²) < 4.78 is 11.0. The second-order valence-corrected chi connectivity index (χ2v) is 10.1. The van der Waals surface area contributed by atoms with Crippen LogP contribution in [0.5, 0.6) is 11.5 Å². The summed E-state index contributed by atoms with van der Waals surface area (Å²) in [6, 6.07) is 7.92. The number of rotatable bonds is 3. The lowest BCUT2D eigenvalue weighted by Gasteiger charge is -2.41. The van der Waals surface area contributed by atoms with Crippen LogP contribution in [-0.4, -0.2) is 31.6 Å². The van der Waals surface area contributed by atoms with Crippen LogP contribution in [0.4, 0.5) is 11.4 Å². The molecule has 1 heterocycles. The Morgan fingerprint density at radius 2 is 1.76 bits per heavy atom. The molecule has 8 heteroatoms. The van der Waals surface area contributed by atoms with Crippen molar-refractivity contribution in [3.8, 4) is 11.5 Å². The van der Waals surface area contributed by atoms with Gasteiger partial charge in [0.05, 0.1) is 37.6 Å². The van der Waals surface area contributed by atoms with Gasteiger partial charge in [-0.3, -0.25) is 14.6 Å². The average molecular weight is 489 g/mol. The predicted octanol–water partition coefficient (Wildman–Crippen LogP) is 6.20. The summed E-state index contributed by atoms with van der Waals surface area (Å²) in [6.07, 6.45) is 0.998. The Labute approximate surface area is 203 Å². The van der Waals surface area contributed by atoms with E-state index < -0.39 is 12.0 Å². The van der Waals surface area contributed by atoms with E-state index in [0.29, 0.717) is 51.3 Å². The first-order valence-corrected chi connectivity index (χ1v) is 11.4. The molecule has 0 bridgehead atoms. The summed E-state index contributed by atoms with van der Waals surface area (Å²) in [5, 5.41) is 0.864. The molecule has 0 radical (unpaired) electrons. The molecule has 2 atom stereocenters. The number of halogens is 2. The lowest BCUT2D eigenvalue weighted by Crippen LogP contribution is -2.47. The Kier molecular flexibility index (Phi) is 6.18. The van der Waals surface area contributed by atoms with Gasteiger partial charge in [-0.2, -0.15) is 0 Å². The van der Waals surface area contributed by atoms with Crippen LogP contribution >= 0.6 is 23.2 Å². The van der Waals surface area contributed by atoms with Crippen LogP contribution in [0.3, 0.4) is 0 Å². The summed E-state index contributed by atoms with van der Waals surface area (Å²) in [5.41, 5.74) is 2.20. The summed E-state index contributed by atoms with van der Waals surface area (Å²) in [4.78, 5) is 33.3. The molecule has 0 N–H and O–H groups in total. The minimum atomic E-state index is -0.672. The molecule has 2 aromatic carbocycles. The molecule has 4 rings (SSSR count). The number of aliphatic imine (C=N–C) groups is 1. The Morgan fingerprint density at radius 1 is 1.09 bits per heavy atom. The number of nitrogens with zero attached hydrogens (tertiary/aromatic N) is 2. The molecule has 1 amide bonds. The summed E-state index contributed by atoms with van der Waals surface area (Å²) >= 11 is 12.8. The van der Waals surface area contributed by atoms with Crippen molar-refractivity contribution in [2.24, 2.45) is 16.3 Å². The third-order valence-corrected chi connectivity index (χ3v) is 6.80. The second-order valence-electron chi connectivity index (χ2n) is 9.26. The number of Topliss-reactive ketones (excluding diaryl/α,β-unsaturated/α-hetero) is 1. The van der Waals surface area contributed by atoms with Crippen molar-refractivity contribution in [1.29, 1.82) is 0 Å². The van der Waals surface area contributed by atoms with Crippen LogP contribution in [0.1, 0.15) is 45.2 Å². The van der Waals surface area contributed by atoms with E-state index in [1.165, 1.54) is 14.0 Å². The summed E-state index contributed by atoms with van der Waals surface area (Å²) in [5.74, 6) is 0.0998. The van der Waals surface area contributed by atoms with Gasteiger partial charge in [0.15, 0.2) is 11.5 Å². The highest BCUT2D eigenvalue weighted by molar-refractivity contribution is 6.35. The number of fused-ring (bicyclic) bond motifs is 2. The van der Waals surface area contributed by atoms with Gasteiger partial charge in [0, 0.05) is 41.2 Å². The molecule has 174 valence electrons. The van der Waals surface area contributed by atoms with Gasteiger partial charge in [-0.05, 0) is 29.5 Å². The maximum absolute atomic E-state index is 13.6. The fraction of sp³-hybridized carbons (Fsp3) is 0.400. The molecule has 0 aromatic heterocycles. The number of hydrogen-bond acceptors (Lipinski definition) is 5. The van der Waals surface area contributed by atoms with Gasteiger partial charge in [0.25, 0.3) is 0 Å². The van der Waals surface area contributed by atoms with Crippen LogP contribution in [-0.2, 0) is 9.59 Å². The van der Waals surface area contributed by atoms with Crippen LogP contribution in [0.25, 0.3) is 0 Å². The molecule has 2 aliphatic rings. The number of ketones is 1. The highest BCUT2D eigenvalue weighted by atomic mass is 35.5. The number of carbonyl (C=O) groups is 2. The summed E-state index contributed by atoms with van der Waals surface area (Å²) in [7, 11) is 3.08. The van der Waals surface area contributed by atoms with Crippen LogP contribution in [0.15, 0.2) is 35.3 Å². The maximum atomic E-state index is 13.6. The van der Waals surface area contributed by atoms with Crippen molar-refractivity contribution in [2.75, 3.05) is 19.1 Å². The maximum Gasteiger partial charge on any atom is 0.224 e. The summed E-state index contributed by atoms with van der Waals surface area (Å²) in [6.45, 7) is 5.58. The number of amides is 1. The van der Waals surface area contributed by atoms with Crippen molar-refractivity contribution in [2.45, 2.75) is 39.7 Å². The van der Waals surface area contributed by atoms with Crippen molar-refractivity contribution >= 4 is 52.0 Å². The topological polar surface area (TPSA) is 68.2 Å². The quantitative estimate of drug-likeness (QED) is 0.515. The van der Waals surface area contributed by atoms with E-state index in [1.54, 1.807) is 42.3 Å². The van der Waals surface area contributed by atoms with Crippen LogP contribution in [0, 0.1) is 11.3 Å². The minimum absolute atomic E-state index is 0.0269.